The first kappa shape index (κ1) is 18.4. The highest BCUT2D eigenvalue weighted by Crippen LogP contribution is 2.33. The van der Waals surface area contributed by atoms with Crippen molar-refractivity contribution in [1.29, 1.82) is 0 Å². The lowest BCUT2D eigenvalue weighted by Crippen LogP contribution is -2.41. The van der Waals surface area contributed by atoms with Gasteiger partial charge in [0.25, 0.3) is 5.91 Å². The average molecular weight is 354 g/mol. The SMILES string of the molecule is CC(C)NS(=O)(=O)c1cccc(C(=O)NC(CC2CC2)C(=O)O)c1. The van der Waals surface area contributed by atoms with Gasteiger partial charge in [0.05, 0.1) is 4.90 Å². The molecule has 0 spiro atoms. The number of carbonyl (C=O) groups excluding carboxylic acids is 1. The van der Waals surface area contributed by atoms with Crippen molar-refractivity contribution in [3.05, 3.63) is 29.8 Å². The van der Waals surface area contributed by atoms with E-state index in [1.54, 1.807) is 13.8 Å². The molecule has 0 aromatic heterocycles. The van der Waals surface area contributed by atoms with E-state index in [0.29, 0.717) is 12.3 Å². The van der Waals surface area contributed by atoms with Crippen LogP contribution >= 0.6 is 0 Å². The lowest BCUT2D eigenvalue weighted by Gasteiger charge is -2.15. The molecule has 0 bridgehead atoms. The molecule has 24 heavy (non-hydrogen) atoms. The minimum absolute atomic E-state index is 0.0297. The molecule has 0 heterocycles. The van der Waals surface area contributed by atoms with Crippen molar-refractivity contribution in [2.45, 2.75) is 50.1 Å². The molecule has 1 fully saturated rings. The monoisotopic (exact) mass is 354 g/mol. The van der Waals surface area contributed by atoms with Gasteiger partial charge in [-0.1, -0.05) is 18.9 Å². The summed E-state index contributed by atoms with van der Waals surface area (Å²) in [6.45, 7) is 3.40. The lowest BCUT2D eigenvalue weighted by molar-refractivity contribution is -0.139. The number of benzene rings is 1. The Morgan fingerprint density at radius 1 is 1.29 bits per heavy atom. The standard InChI is InChI=1S/C16H22N2O5S/c1-10(2)18-24(22,23)13-5-3-4-12(9-13)15(19)17-14(16(20)21)8-11-6-7-11/h3-5,9-11,14,18H,6-8H2,1-2H3,(H,17,19)(H,20,21). The van der Waals surface area contributed by atoms with Crippen LogP contribution in [0.1, 0.15) is 43.5 Å². The van der Waals surface area contributed by atoms with Gasteiger partial charge in [-0.2, -0.15) is 0 Å². The highest BCUT2D eigenvalue weighted by molar-refractivity contribution is 7.89. The van der Waals surface area contributed by atoms with E-state index < -0.39 is 27.9 Å². The zero-order chi connectivity index (χ0) is 17.9. The maximum Gasteiger partial charge on any atom is 0.326 e. The van der Waals surface area contributed by atoms with Crippen molar-refractivity contribution in [2.24, 2.45) is 5.92 Å². The Labute approximate surface area is 141 Å². The van der Waals surface area contributed by atoms with Crippen LogP contribution in [-0.2, 0) is 14.8 Å². The third-order valence-electron chi connectivity index (χ3n) is 3.67. The number of carboxylic acids is 1. The van der Waals surface area contributed by atoms with E-state index in [1.165, 1.54) is 24.3 Å². The predicted molar refractivity (Wildman–Crippen MR) is 88.1 cm³/mol. The summed E-state index contributed by atoms with van der Waals surface area (Å²) in [6.07, 6.45) is 2.36. The van der Waals surface area contributed by atoms with Crippen molar-refractivity contribution in [2.75, 3.05) is 0 Å². The van der Waals surface area contributed by atoms with E-state index >= 15 is 0 Å². The maximum atomic E-state index is 12.3. The van der Waals surface area contributed by atoms with Gasteiger partial charge < -0.3 is 10.4 Å². The Balaban J connectivity index is 2.14. The third kappa shape index (κ3) is 5.04. The molecule has 132 valence electrons. The first-order valence-corrected chi connectivity index (χ1v) is 9.33. The van der Waals surface area contributed by atoms with Crippen LogP contribution in [0.5, 0.6) is 0 Å². The Morgan fingerprint density at radius 3 is 2.50 bits per heavy atom. The van der Waals surface area contributed by atoms with Crippen LogP contribution in [0, 0.1) is 5.92 Å². The molecule has 1 saturated carbocycles. The number of hydrogen-bond acceptors (Lipinski definition) is 4. The fourth-order valence-electron chi connectivity index (χ4n) is 2.33. The number of carbonyl (C=O) groups is 2. The molecule has 2 rings (SSSR count). The van der Waals surface area contributed by atoms with Crippen molar-refractivity contribution in [3.63, 3.8) is 0 Å². The Bertz CT molecular complexity index is 726. The highest BCUT2D eigenvalue weighted by Gasteiger charge is 2.30. The fraction of sp³-hybridized carbons (Fsp3) is 0.500. The second kappa shape index (κ2) is 7.31. The van der Waals surface area contributed by atoms with Gasteiger partial charge >= 0.3 is 5.97 Å². The van der Waals surface area contributed by atoms with Gasteiger partial charge in [-0.3, -0.25) is 4.79 Å². The van der Waals surface area contributed by atoms with Crippen LogP contribution in [0.2, 0.25) is 0 Å². The predicted octanol–water partition coefficient (Wildman–Crippen LogP) is 1.36. The zero-order valence-corrected chi connectivity index (χ0v) is 14.5. The number of amides is 1. The molecular formula is C16H22N2O5S. The van der Waals surface area contributed by atoms with Crippen LogP contribution in [-0.4, -0.2) is 37.5 Å². The minimum atomic E-state index is -3.72. The molecule has 0 radical (unpaired) electrons. The minimum Gasteiger partial charge on any atom is -0.480 e. The summed E-state index contributed by atoms with van der Waals surface area (Å²) in [5.41, 5.74) is 0.115. The van der Waals surface area contributed by atoms with Gasteiger partial charge in [0.2, 0.25) is 10.0 Å². The molecule has 1 aliphatic rings. The third-order valence-corrected chi connectivity index (χ3v) is 5.32. The summed E-state index contributed by atoms with van der Waals surface area (Å²) >= 11 is 0. The van der Waals surface area contributed by atoms with E-state index in [2.05, 4.69) is 10.0 Å². The molecule has 1 amide bonds. The molecule has 1 unspecified atom stereocenters. The van der Waals surface area contributed by atoms with Crippen LogP contribution in [0.3, 0.4) is 0 Å². The number of nitrogens with one attached hydrogen (secondary N) is 2. The normalized spacial score (nSPS) is 16.0. The first-order chi connectivity index (χ1) is 11.2. The van der Waals surface area contributed by atoms with Gasteiger partial charge in [0.1, 0.15) is 6.04 Å². The van der Waals surface area contributed by atoms with E-state index in [4.69, 9.17) is 0 Å². The number of aliphatic carboxylic acids is 1. The number of rotatable bonds is 8. The van der Waals surface area contributed by atoms with Crippen molar-refractivity contribution in [3.8, 4) is 0 Å². The zero-order valence-electron chi connectivity index (χ0n) is 13.7. The Kier molecular flexibility index (Phi) is 5.61. The second-order valence-electron chi connectivity index (χ2n) is 6.35. The maximum absolute atomic E-state index is 12.3. The summed E-state index contributed by atoms with van der Waals surface area (Å²) in [4.78, 5) is 23.5. The quantitative estimate of drug-likeness (QED) is 0.652. The van der Waals surface area contributed by atoms with Crippen molar-refractivity contribution in [1.82, 2.24) is 10.0 Å². The van der Waals surface area contributed by atoms with E-state index in [-0.39, 0.29) is 16.5 Å². The number of hydrogen-bond donors (Lipinski definition) is 3. The smallest absolute Gasteiger partial charge is 0.326 e. The van der Waals surface area contributed by atoms with Gasteiger partial charge in [0.15, 0.2) is 0 Å². The Hall–Kier alpha value is -1.93. The van der Waals surface area contributed by atoms with Crippen molar-refractivity contribution < 1.29 is 23.1 Å². The topological polar surface area (TPSA) is 113 Å². The van der Waals surface area contributed by atoms with Crippen LogP contribution in [0.4, 0.5) is 0 Å². The summed E-state index contributed by atoms with van der Waals surface area (Å²) in [5, 5.41) is 11.7. The number of sulfonamides is 1. The largest absolute Gasteiger partial charge is 0.480 e. The van der Waals surface area contributed by atoms with Gasteiger partial charge in [-0.25, -0.2) is 17.9 Å². The Morgan fingerprint density at radius 2 is 1.96 bits per heavy atom. The molecule has 7 nitrogen and oxygen atoms in total. The highest BCUT2D eigenvalue weighted by atomic mass is 32.2. The van der Waals surface area contributed by atoms with E-state index in [1.807, 2.05) is 0 Å². The van der Waals surface area contributed by atoms with Gasteiger partial charge in [0, 0.05) is 11.6 Å². The molecular weight excluding hydrogens is 332 g/mol. The van der Waals surface area contributed by atoms with Crippen molar-refractivity contribution >= 4 is 21.9 Å². The number of carboxylic acid groups (broad SMARTS) is 1. The molecule has 1 aromatic carbocycles. The van der Waals surface area contributed by atoms with E-state index in [9.17, 15) is 23.1 Å². The first-order valence-electron chi connectivity index (χ1n) is 7.85. The molecule has 0 saturated heterocycles. The van der Waals surface area contributed by atoms with Gasteiger partial charge in [-0.15, -0.1) is 0 Å². The summed E-state index contributed by atoms with van der Waals surface area (Å²) in [5.74, 6) is -1.33. The van der Waals surface area contributed by atoms with Crippen LogP contribution < -0.4 is 10.0 Å². The van der Waals surface area contributed by atoms with Crippen LogP contribution in [0.25, 0.3) is 0 Å². The molecule has 1 atom stereocenters. The van der Waals surface area contributed by atoms with Gasteiger partial charge in [-0.05, 0) is 44.4 Å². The summed E-state index contributed by atoms with van der Waals surface area (Å²) < 4.78 is 26.8. The average Bonchev–Trinajstić information content (AvgIpc) is 3.29. The molecule has 1 aromatic rings. The second-order valence-corrected chi connectivity index (χ2v) is 8.06. The molecule has 0 aliphatic heterocycles. The molecule has 1 aliphatic carbocycles. The van der Waals surface area contributed by atoms with Crippen LogP contribution in [0.15, 0.2) is 29.2 Å². The summed E-state index contributed by atoms with van der Waals surface area (Å²) in [7, 11) is -3.72. The summed E-state index contributed by atoms with van der Waals surface area (Å²) in [6, 6.07) is 4.32. The molecule has 8 heteroatoms. The molecule has 3 N–H and O–H groups in total. The fourth-order valence-corrected chi connectivity index (χ4v) is 3.63. The van der Waals surface area contributed by atoms with E-state index in [0.717, 1.165) is 12.8 Å². The lowest BCUT2D eigenvalue weighted by atomic mass is 10.1.